The molecule has 19 heavy (non-hydrogen) atoms. The molecule has 0 radical (unpaired) electrons. The number of carbonyl (C=O) groups excluding carboxylic acids is 1. The second-order valence-corrected chi connectivity index (χ2v) is 6.21. The number of hydrogen-bond acceptors (Lipinski definition) is 3. The smallest absolute Gasteiger partial charge is 0.217 e. The van der Waals surface area contributed by atoms with E-state index in [1.807, 2.05) is 0 Å². The molecule has 4 heteroatoms. The predicted octanol–water partition coefficient (Wildman–Crippen LogP) is 1.45. The summed E-state index contributed by atoms with van der Waals surface area (Å²) in [5, 5.41) is 0. The number of amides is 1. The summed E-state index contributed by atoms with van der Waals surface area (Å²) in [6.45, 7) is 7.40. The molecule has 2 aliphatic heterocycles. The van der Waals surface area contributed by atoms with Crippen molar-refractivity contribution in [2.45, 2.75) is 44.9 Å². The number of rotatable bonds is 6. The van der Waals surface area contributed by atoms with Crippen LogP contribution in [0.2, 0.25) is 0 Å². The summed E-state index contributed by atoms with van der Waals surface area (Å²) < 4.78 is 0. The lowest BCUT2D eigenvalue weighted by Crippen LogP contribution is -2.37. The first-order valence-electron chi connectivity index (χ1n) is 7.97. The van der Waals surface area contributed by atoms with E-state index in [1.165, 1.54) is 51.9 Å². The molecule has 2 fully saturated rings. The second kappa shape index (κ2) is 7.85. The van der Waals surface area contributed by atoms with Gasteiger partial charge in [0.05, 0.1) is 0 Å². The molecule has 0 unspecified atom stereocenters. The van der Waals surface area contributed by atoms with E-state index in [0.717, 1.165) is 25.9 Å². The van der Waals surface area contributed by atoms with Crippen molar-refractivity contribution in [3.63, 3.8) is 0 Å². The molecule has 1 amide bonds. The maximum atomic E-state index is 10.9. The molecule has 2 aliphatic rings. The Morgan fingerprint density at radius 2 is 1.53 bits per heavy atom. The van der Waals surface area contributed by atoms with Gasteiger partial charge in [-0.3, -0.25) is 4.79 Å². The van der Waals surface area contributed by atoms with Crippen LogP contribution in [0.3, 0.4) is 0 Å². The van der Waals surface area contributed by atoms with Crippen LogP contribution < -0.4 is 5.73 Å². The van der Waals surface area contributed by atoms with E-state index in [4.69, 9.17) is 5.73 Å². The van der Waals surface area contributed by atoms with Crippen LogP contribution in [0.25, 0.3) is 0 Å². The van der Waals surface area contributed by atoms with E-state index in [9.17, 15) is 4.79 Å². The normalized spacial score (nSPS) is 23.6. The lowest BCUT2D eigenvalue weighted by atomic mass is 9.93. The second-order valence-electron chi connectivity index (χ2n) is 6.21. The van der Waals surface area contributed by atoms with Crippen LogP contribution in [0.4, 0.5) is 0 Å². The summed E-state index contributed by atoms with van der Waals surface area (Å²) in [7, 11) is 0. The van der Waals surface area contributed by atoms with Crippen LogP contribution in [0.15, 0.2) is 0 Å². The maximum absolute atomic E-state index is 10.9. The SMILES string of the molecule is NC(=O)CC1CCN(CCCN2CCCCC2)CC1. The quantitative estimate of drug-likeness (QED) is 0.792. The van der Waals surface area contributed by atoms with Gasteiger partial charge in [-0.05, 0) is 77.3 Å². The molecule has 0 aromatic rings. The molecule has 0 spiro atoms. The van der Waals surface area contributed by atoms with Crippen LogP contribution >= 0.6 is 0 Å². The van der Waals surface area contributed by atoms with Gasteiger partial charge < -0.3 is 15.5 Å². The van der Waals surface area contributed by atoms with Crippen LogP contribution in [0.5, 0.6) is 0 Å². The Morgan fingerprint density at radius 1 is 0.947 bits per heavy atom. The summed E-state index contributed by atoms with van der Waals surface area (Å²) in [4.78, 5) is 16.1. The molecule has 2 heterocycles. The Morgan fingerprint density at radius 3 is 2.11 bits per heavy atom. The predicted molar refractivity (Wildman–Crippen MR) is 77.9 cm³/mol. The highest BCUT2D eigenvalue weighted by molar-refractivity contribution is 5.73. The standard InChI is InChI=1S/C15H29N3O/c16-15(19)13-14-5-11-18(12-6-14)10-4-9-17-7-2-1-3-8-17/h14H,1-13H2,(H2,16,19). The molecule has 4 nitrogen and oxygen atoms in total. The zero-order chi connectivity index (χ0) is 13.5. The van der Waals surface area contributed by atoms with E-state index in [-0.39, 0.29) is 5.91 Å². The molecule has 0 saturated carbocycles. The van der Waals surface area contributed by atoms with Crippen molar-refractivity contribution in [2.24, 2.45) is 11.7 Å². The van der Waals surface area contributed by atoms with Gasteiger partial charge in [0.25, 0.3) is 0 Å². The van der Waals surface area contributed by atoms with Gasteiger partial charge in [0.2, 0.25) is 5.91 Å². The lowest BCUT2D eigenvalue weighted by molar-refractivity contribution is -0.119. The Balaban J connectivity index is 1.54. The van der Waals surface area contributed by atoms with Crippen molar-refractivity contribution in [1.29, 1.82) is 0 Å². The number of primary amides is 1. The van der Waals surface area contributed by atoms with Crippen molar-refractivity contribution >= 4 is 5.91 Å². The molecule has 110 valence electrons. The number of likely N-dealkylation sites (tertiary alicyclic amines) is 2. The van der Waals surface area contributed by atoms with Crippen LogP contribution in [0, 0.1) is 5.92 Å². The summed E-state index contributed by atoms with van der Waals surface area (Å²) in [5.41, 5.74) is 5.26. The third kappa shape index (κ3) is 5.49. The monoisotopic (exact) mass is 267 g/mol. The molecule has 0 atom stereocenters. The van der Waals surface area contributed by atoms with Gasteiger partial charge in [0.15, 0.2) is 0 Å². The zero-order valence-electron chi connectivity index (χ0n) is 12.1. The fourth-order valence-electron chi connectivity index (χ4n) is 3.40. The molecule has 2 N–H and O–H groups in total. The summed E-state index contributed by atoms with van der Waals surface area (Å²) in [6.07, 6.45) is 8.36. The first-order valence-corrected chi connectivity index (χ1v) is 7.97. The van der Waals surface area contributed by atoms with Gasteiger partial charge >= 0.3 is 0 Å². The van der Waals surface area contributed by atoms with Gasteiger partial charge in [-0.15, -0.1) is 0 Å². The van der Waals surface area contributed by atoms with E-state index < -0.39 is 0 Å². The lowest BCUT2D eigenvalue weighted by Gasteiger charge is -2.32. The zero-order valence-corrected chi connectivity index (χ0v) is 12.1. The van der Waals surface area contributed by atoms with Crippen molar-refractivity contribution in [3.8, 4) is 0 Å². The third-order valence-corrected chi connectivity index (χ3v) is 4.59. The van der Waals surface area contributed by atoms with Crippen molar-refractivity contribution < 1.29 is 4.79 Å². The van der Waals surface area contributed by atoms with Gasteiger partial charge in [0, 0.05) is 6.42 Å². The molecule has 2 rings (SSSR count). The van der Waals surface area contributed by atoms with Crippen molar-refractivity contribution in [3.05, 3.63) is 0 Å². The average molecular weight is 267 g/mol. The molecule has 0 aromatic carbocycles. The summed E-state index contributed by atoms with van der Waals surface area (Å²) in [6, 6.07) is 0. The average Bonchev–Trinajstić information content (AvgIpc) is 2.41. The third-order valence-electron chi connectivity index (χ3n) is 4.59. The number of hydrogen-bond donors (Lipinski definition) is 1. The number of piperidine rings is 2. The molecular formula is C15H29N3O. The Kier molecular flexibility index (Phi) is 6.11. The van der Waals surface area contributed by atoms with Gasteiger partial charge in [-0.1, -0.05) is 6.42 Å². The number of carbonyl (C=O) groups is 1. The Hall–Kier alpha value is -0.610. The van der Waals surface area contributed by atoms with Crippen molar-refractivity contribution in [1.82, 2.24) is 9.80 Å². The van der Waals surface area contributed by atoms with Crippen molar-refractivity contribution in [2.75, 3.05) is 39.3 Å². The minimum absolute atomic E-state index is 0.136. The summed E-state index contributed by atoms with van der Waals surface area (Å²) >= 11 is 0. The fourth-order valence-corrected chi connectivity index (χ4v) is 3.40. The molecule has 0 aliphatic carbocycles. The Bertz CT molecular complexity index is 269. The highest BCUT2D eigenvalue weighted by atomic mass is 16.1. The molecule has 0 bridgehead atoms. The Labute approximate surface area is 117 Å². The number of nitrogens with zero attached hydrogens (tertiary/aromatic N) is 2. The largest absolute Gasteiger partial charge is 0.370 e. The van der Waals surface area contributed by atoms with Crippen LogP contribution in [0.1, 0.15) is 44.9 Å². The highest BCUT2D eigenvalue weighted by Crippen LogP contribution is 2.20. The first-order chi connectivity index (χ1) is 9.24. The van der Waals surface area contributed by atoms with Gasteiger partial charge in [0.1, 0.15) is 0 Å². The molecular weight excluding hydrogens is 238 g/mol. The van der Waals surface area contributed by atoms with E-state index in [0.29, 0.717) is 12.3 Å². The minimum atomic E-state index is -0.136. The number of nitrogens with two attached hydrogens (primary N) is 1. The van der Waals surface area contributed by atoms with Crippen LogP contribution in [-0.4, -0.2) is 55.0 Å². The maximum Gasteiger partial charge on any atom is 0.217 e. The topological polar surface area (TPSA) is 49.6 Å². The first kappa shape index (κ1) is 14.8. The summed E-state index contributed by atoms with van der Waals surface area (Å²) in [5.74, 6) is 0.402. The van der Waals surface area contributed by atoms with E-state index in [1.54, 1.807) is 0 Å². The molecule has 0 aromatic heterocycles. The highest BCUT2D eigenvalue weighted by Gasteiger charge is 2.20. The van der Waals surface area contributed by atoms with E-state index >= 15 is 0 Å². The van der Waals surface area contributed by atoms with Crippen LogP contribution in [-0.2, 0) is 4.79 Å². The van der Waals surface area contributed by atoms with Gasteiger partial charge in [-0.25, -0.2) is 0 Å². The van der Waals surface area contributed by atoms with Gasteiger partial charge in [-0.2, -0.15) is 0 Å². The molecule has 2 saturated heterocycles. The fraction of sp³-hybridized carbons (Fsp3) is 0.933. The van der Waals surface area contributed by atoms with E-state index in [2.05, 4.69) is 9.80 Å². The minimum Gasteiger partial charge on any atom is -0.370 e.